The van der Waals surface area contributed by atoms with E-state index < -0.39 is 0 Å². The normalized spacial score (nSPS) is 25.8. The topological polar surface area (TPSA) is 42.0 Å². The molecule has 2 saturated heterocycles. The maximum Gasteiger partial charge on any atom is 0.260 e. The van der Waals surface area contributed by atoms with Crippen LogP contribution in [0.3, 0.4) is 0 Å². The maximum atomic E-state index is 12.4. The van der Waals surface area contributed by atoms with Crippen LogP contribution in [0.4, 0.5) is 0 Å². The molecule has 2 heterocycles. The fourth-order valence-electron chi connectivity index (χ4n) is 3.76. The number of carbonyl (C=O) groups is 1. The summed E-state index contributed by atoms with van der Waals surface area (Å²) in [5, 5.41) is 0.660. The molecule has 1 aromatic carbocycles. The highest BCUT2D eigenvalue weighted by Crippen LogP contribution is 2.22. The van der Waals surface area contributed by atoms with Crippen LogP contribution in [-0.4, -0.2) is 66.7 Å². The first-order valence-corrected chi connectivity index (χ1v) is 9.44. The molecule has 2 atom stereocenters. The molecule has 2 aliphatic rings. The third kappa shape index (κ3) is 5.09. The molecule has 2 fully saturated rings. The van der Waals surface area contributed by atoms with Crippen LogP contribution < -0.4 is 4.74 Å². The first kappa shape index (κ1) is 18.5. The number of carbonyl (C=O) groups excluding carboxylic acids is 1. The third-order valence-corrected chi connectivity index (χ3v) is 5.21. The van der Waals surface area contributed by atoms with Gasteiger partial charge in [-0.25, -0.2) is 0 Å². The fourth-order valence-corrected chi connectivity index (χ4v) is 3.89. The zero-order valence-corrected chi connectivity index (χ0v) is 15.7. The number of morpholine rings is 1. The Balaban J connectivity index is 1.43. The van der Waals surface area contributed by atoms with Crippen molar-refractivity contribution in [3.8, 4) is 5.75 Å². The van der Waals surface area contributed by atoms with Crippen LogP contribution in [0.5, 0.6) is 5.75 Å². The van der Waals surface area contributed by atoms with Gasteiger partial charge in [-0.2, -0.15) is 0 Å². The van der Waals surface area contributed by atoms with Crippen LogP contribution in [0.2, 0.25) is 5.02 Å². The minimum absolute atomic E-state index is 0.0529. The molecule has 25 heavy (non-hydrogen) atoms. The van der Waals surface area contributed by atoms with E-state index in [4.69, 9.17) is 21.1 Å². The summed E-state index contributed by atoms with van der Waals surface area (Å²) in [5.41, 5.74) is 0. The number of benzene rings is 1. The van der Waals surface area contributed by atoms with E-state index in [1.165, 1.54) is 0 Å². The van der Waals surface area contributed by atoms with E-state index in [1.54, 1.807) is 24.3 Å². The van der Waals surface area contributed by atoms with Gasteiger partial charge in [0.15, 0.2) is 6.61 Å². The van der Waals surface area contributed by atoms with E-state index in [0.717, 1.165) is 39.0 Å². The highest BCUT2D eigenvalue weighted by Gasteiger charge is 2.31. The number of ether oxygens (including phenoxy) is 2. The van der Waals surface area contributed by atoms with Crippen LogP contribution in [0.1, 0.15) is 26.7 Å². The van der Waals surface area contributed by atoms with Gasteiger partial charge in [-0.05, 0) is 51.0 Å². The number of likely N-dealkylation sites (tertiary alicyclic amines) is 1. The molecule has 0 saturated carbocycles. The number of nitrogens with zero attached hydrogens (tertiary/aromatic N) is 2. The van der Waals surface area contributed by atoms with Crippen LogP contribution in [-0.2, 0) is 9.53 Å². The number of hydrogen-bond donors (Lipinski definition) is 0. The molecular weight excluding hydrogens is 340 g/mol. The Morgan fingerprint density at radius 2 is 1.76 bits per heavy atom. The van der Waals surface area contributed by atoms with Crippen molar-refractivity contribution in [2.45, 2.75) is 44.9 Å². The van der Waals surface area contributed by atoms with Crippen LogP contribution >= 0.6 is 11.6 Å². The summed E-state index contributed by atoms with van der Waals surface area (Å²) in [5.74, 6) is 0.723. The van der Waals surface area contributed by atoms with E-state index >= 15 is 0 Å². The summed E-state index contributed by atoms with van der Waals surface area (Å²) in [4.78, 5) is 16.8. The quantitative estimate of drug-likeness (QED) is 0.821. The highest BCUT2D eigenvalue weighted by atomic mass is 35.5. The first-order chi connectivity index (χ1) is 12.0. The highest BCUT2D eigenvalue weighted by molar-refractivity contribution is 6.30. The van der Waals surface area contributed by atoms with E-state index in [0.29, 0.717) is 16.8 Å². The molecule has 0 radical (unpaired) electrons. The second-order valence-electron chi connectivity index (χ2n) is 7.07. The lowest BCUT2D eigenvalue weighted by molar-refractivity contribution is -0.136. The monoisotopic (exact) mass is 366 g/mol. The van der Waals surface area contributed by atoms with Crippen LogP contribution in [0, 0.1) is 0 Å². The molecule has 1 amide bonds. The molecule has 138 valence electrons. The molecule has 0 aromatic heterocycles. The van der Waals surface area contributed by atoms with Gasteiger partial charge in [-0.15, -0.1) is 0 Å². The Labute approximate surface area is 154 Å². The standard InChI is InChI=1S/C19H27ClN2O3/c1-14-11-22(12-15(2)25-14)17-7-9-21(10-8-17)19(23)13-24-18-5-3-16(20)4-6-18/h3-6,14-15,17H,7-13H2,1-2H3/t14-,15-/m0/s1. The van der Waals surface area contributed by atoms with E-state index in [1.807, 2.05) is 4.90 Å². The van der Waals surface area contributed by atoms with Crippen LogP contribution in [0.15, 0.2) is 24.3 Å². The van der Waals surface area contributed by atoms with Gasteiger partial charge in [0.1, 0.15) is 5.75 Å². The molecule has 0 bridgehead atoms. The summed E-state index contributed by atoms with van der Waals surface area (Å²) in [6, 6.07) is 7.63. The van der Waals surface area contributed by atoms with Gasteiger partial charge in [-0.3, -0.25) is 9.69 Å². The minimum Gasteiger partial charge on any atom is -0.484 e. The summed E-state index contributed by atoms with van der Waals surface area (Å²) in [6.07, 6.45) is 2.62. The van der Waals surface area contributed by atoms with Gasteiger partial charge >= 0.3 is 0 Å². The van der Waals surface area contributed by atoms with Gasteiger partial charge in [0, 0.05) is 37.2 Å². The molecule has 0 N–H and O–H groups in total. The molecule has 6 heteroatoms. The van der Waals surface area contributed by atoms with Crippen molar-refractivity contribution in [1.82, 2.24) is 9.80 Å². The van der Waals surface area contributed by atoms with Gasteiger partial charge < -0.3 is 14.4 Å². The van der Waals surface area contributed by atoms with Crippen molar-refractivity contribution in [1.29, 1.82) is 0 Å². The molecule has 0 aliphatic carbocycles. The van der Waals surface area contributed by atoms with Crippen molar-refractivity contribution >= 4 is 17.5 Å². The first-order valence-electron chi connectivity index (χ1n) is 9.07. The van der Waals surface area contributed by atoms with Crippen molar-refractivity contribution in [2.75, 3.05) is 32.8 Å². The number of halogens is 1. The fraction of sp³-hybridized carbons (Fsp3) is 0.632. The van der Waals surface area contributed by atoms with E-state index in [-0.39, 0.29) is 24.7 Å². The Kier molecular flexibility index (Phi) is 6.20. The van der Waals surface area contributed by atoms with Crippen molar-refractivity contribution in [3.05, 3.63) is 29.3 Å². The molecular formula is C19H27ClN2O3. The minimum atomic E-state index is 0.0529. The smallest absolute Gasteiger partial charge is 0.260 e. The van der Waals surface area contributed by atoms with E-state index in [9.17, 15) is 4.79 Å². The number of piperidine rings is 1. The predicted molar refractivity (Wildman–Crippen MR) is 98.1 cm³/mol. The van der Waals surface area contributed by atoms with Gasteiger partial charge in [-0.1, -0.05) is 11.6 Å². The summed E-state index contributed by atoms with van der Waals surface area (Å²) in [7, 11) is 0. The second kappa shape index (κ2) is 8.39. The van der Waals surface area contributed by atoms with E-state index in [2.05, 4.69) is 18.7 Å². The Morgan fingerprint density at radius 1 is 1.16 bits per heavy atom. The summed E-state index contributed by atoms with van der Waals surface area (Å²) in [6.45, 7) is 7.93. The molecule has 5 nitrogen and oxygen atoms in total. The Bertz CT molecular complexity index is 563. The van der Waals surface area contributed by atoms with Crippen LogP contribution in [0.25, 0.3) is 0 Å². The Morgan fingerprint density at radius 3 is 2.36 bits per heavy atom. The molecule has 0 unspecified atom stereocenters. The second-order valence-corrected chi connectivity index (χ2v) is 7.50. The van der Waals surface area contributed by atoms with Gasteiger partial charge in [0.05, 0.1) is 12.2 Å². The predicted octanol–water partition coefficient (Wildman–Crippen LogP) is 2.82. The lowest BCUT2D eigenvalue weighted by Crippen LogP contribution is -2.54. The average molecular weight is 367 g/mol. The lowest BCUT2D eigenvalue weighted by atomic mass is 10.0. The number of rotatable bonds is 4. The lowest BCUT2D eigenvalue weighted by Gasteiger charge is -2.43. The van der Waals surface area contributed by atoms with Crippen molar-refractivity contribution in [3.63, 3.8) is 0 Å². The molecule has 0 spiro atoms. The number of hydrogen-bond acceptors (Lipinski definition) is 4. The van der Waals surface area contributed by atoms with Gasteiger partial charge in [0.25, 0.3) is 5.91 Å². The van der Waals surface area contributed by atoms with Gasteiger partial charge in [0.2, 0.25) is 0 Å². The maximum absolute atomic E-state index is 12.4. The summed E-state index contributed by atoms with van der Waals surface area (Å²) >= 11 is 5.85. The molecule has 3 rings (SSSR count). The zero-order chi connectivity index (χ0) is 17.8. The molecule has 1 aromatic rings. The third-order valence-electron chi connectivity index (χ3n) is 4.96. The SMILES string of the molecule is C[C@H]1CN(C2CCN(C(=O)COc3ccc(Cl)cc3)CC2)C[C@H](C)O1. The average Bonchev–Trinajstić information content (AvgIpc) is 2.60. The summed E-state index contributed by atoms with van der Waals surface area (Å²) < 4.78 is 11.4. The number of amides is 1. The Hall–Kier alpha value is -1.30. The largest absolute Gasteiger partial charge is 0.484 e. The molecule has 2 aliphatic heterocycles. The zero-order valence-electron chi connectivity index (χ0n) is 15.0. The van der Waals surface area contributed by atoms with Crippen molar-refractivity contribution in [2.24, 2.45) is 0 Å². The van der Waals surface area contributed by atoms with Crippen molar-refractivity contribution < 1.29 is 14.3 Å².